The predicted octanol–water partition coefficient (Wildman–Crippen LogP) is -0.000700. The first kappa shape index (κ1) is 12.0. The Bertz CT molecular complexity index is 511. The normalized spacial score (nSPS) is 15.6. The Balaban J connectivity index is 2.14. The Kier molecular flexibility index (Phi) is 3.14. The van der Waals surface area contributed by atoms with E-state index in [1.807, 2.05) is 0 Å². The van der Waals surface area contributed by atoms with Crippen molar-refractivity contribution in [1.29, 1.82) is 0 Å². The molecule has 0 aromatic heterocycles. The molecule has 0 bridgehead atoms. The first-order valence-electron chi connectivity index (χ1n) is 5.17. The number of hydrazine groups is 1. The smallest absolute Gasteiger partial charge is 0.266 e. The van der Waals surface area contributed by atoms with Crippen LogP contribution < -0.4 is 10.6 Å². The minimum atomic E-state index is -3.93. The summed E-state index contributed by atoms with van der Waals surface area (Å²) in [5.74, 6) is 4.59. The molecular weight excluding hydrogens is 242 g/mol. The van der Waals surface area contributed by atoms with Crippen LogP contribution in [0.15, 0.2) is 30.3 Å². The second-order valence-corrected chi connectivity index (χ2v) is 5.44. The van der Waals surface area contributed by atoms with Gasteiger partial charge in [-0.3, -0.25) is 4.79 Å². The lowest BCUT2D eigenvalue weighted by Crippen LogP contribution is -2.49. The average molecular weight is 255 g/mol. The van der Waals surface area contributed by atoms with E-state index in [2.05, 4.69) is 4.72 Å². The molecule has 1 aliphatic carbocycles. The maximum atomic E-state index is 11.8. The van der Waals surface area contributed by atoms with Crippen molar-refractivity contribution in [2.45, 2.75) is 18.9 Å². The van der Waals surface area contributed by atoms with Gasteiger partial charge in [0.25, 0.3) is 5.91 Å². The Morgan fingerprint density at radius 3 is 2.41 bits per heavy atom. The monoisotopic (exact) mass is 255 g/mol. The van der Waals surface area contributed by atoms with E-state index in [0.29, 0.717) is 0 Å². The van der Waals surface area contributed by atoms with Gasteiger partial charge in [-0.25, -0.2) is 5.84 Å². The molecule has 1 aromatic carbocycles. The standard InChI is InChI=1S/C10H13N3O3S/c11-13(17(15,16)12-9-6-7-9)10(14)8-4-2-1-3-5-8/h1-5,9,12H,6-7,11H2. The highest BCUT2D eigenvalue weighted by Crippen LogP contribution is 2.20. The topological polar surface area (TPSA) is 92.5 Å². The first-order valence-corrected chi connectivity index (χ1v) is 6.61. The number of nitrogens with one attached hydrogen (secondary N) is 1. The SMILES string of the molecule is NN(C(=O)c1ccccc1)S(=O)(=O)NC1CC1. The molecule has 0 unspecified atom stereocenters. The van der Waals surface area contributed by atoms with Gasteiger partial charge in [-0.1, -0.05) is 18.2 Å². The molecule has 0 heterocycles. The molecule has 17 heavy (non-hydrogen) atoms. The summed E-state index contributed by atoms with van der Waals surface area (Å²) in [4.78, 5) is 11.8. The fourth-order valence-electron chi connectivity index (χ4n) is 1.29. The van der Waals surface area contributed by atoms with E-state index in [-0.39, 0.29) is 16.0 Å². The summed E-state index contributed by atoms with van der Waals surface area (Å²) in [5.41, 5.74) is 0.233. The molecule has 2 rings (SSSR count). The third-order valence-corrected chi connectivity index (χ3v) is 3.69. The van der Waals surface area contributed by atoms with Gasteiger partial charge in [-0.05, 0) is 25.0 Å². The van der Waals surface area contributed by atoms with Crippen molar-refractivity contribution in [2.24, 2.45) is 5.84 Å². The van der Waals surface area contributed by atoms with Crippen LogP contribution in [0.1, 0.15) is 23.2 Å². The van der Waals surface area contributed by atoms with Crippen LogP contribution in [-0.2, 0) is 10.2 Å². The van der Waals surface area contributed by atoms with E-state index in [0.717, 1.165) is 12.8 Å². The van der Waals surface area contributed by atoms with Crippen LogP contribution in [0.3, 0.4) is 0 Å². The fourth-order valence-corrected chi connectivity index (χ4v) is 2.38. The molecule has 1 amide bonds. The Morgan fingerprint density at radius 2 is 1.88 bits per heavy atom. The zero-order valence-corrected chi connectivity index (χ0v) is 9.85. The van der Waals surface area contributed by atoms with E-state index in [1.165, 1.54) is 12.1 Å². The Labute approximate surface area is 99.6 Å². The molecule has 1 aliphatic rings. The van der Waals surface area contributed by atoms with Gasteiger partial charge in [-0.2, -0.15) is 17.6 Å². The largest absolute Gasteiger partial charge is 0.317 e. The Morgan fingerprint density at radius 1 is 1.29 bits per heavy atom. The highest BCUT2D eigenvalue weighted by molar-refractivity contribution is 7.87. The summed E-state index contributed by atoms with van der Waals surface area (Å²) in [5, 5.41) is 0. The summed E-state index contributed by atoms with van der Waals surface area (Å²) in [6.07, 6.45) is 1.57. The van der Waals surface area contributed by atoms with E-state index < -0.39 is 16.1 Å². The number of carbonyl (C=O) groups is 1. The van der Waals surface area contributed by atoms with E-state index in [4.69, 9.17) is 5.84 Å². The Hall–Kier alpha value is -1.44. The quantitative estimate of drug-likeness (QED) is 0.450. The van der Waals surface area contributed by atoms with Crippen LogP contribution >= 0.6 is 0 Å². The molecule has 7 heteroatoms. The summed E-state index contributed by atoms with van der Waals surface area (Å²) < 4.78 is 25.9. The molecule has 6 nitrogen and oxygen atoms in total. The van der Waals surface area contributed by atoms with Crippen LogP contribution in [0, 0.1) is 0 Å². The van der Waals surface area contributed by atoms with Gasteiger partial charge < -0.3 is 0 Å². The summed E-state index contributed by atoms with van der Waals surface area (Å²) in [6, 6.07) is 7.94. The minimum absolute atomic E-state index is 0.0883. The number of nitrogens with two attached hydrogens (primary N) is 1. The van der Waals surface area contributed by atoms with E-state index in [9.17, 15) is 13.2 Å². The zero-order chi connectivity index (χ0) is 12.5. The van der Waals surface area contributed by atoms with Crippen LogP contribution in [0.4, 0.5) is 0 Å². The first-order chi connectivity index (χ1) is 8.00. The molecule has 0 saturated heterocycles. The van der Waals surface area contributed by atoms with Crippen molar-refractivity contribution < 1.29 is 13.2 Å². The predicted molar refractivity (Wildman–Crippen MR) is 61.9 cm³/mol. The molecule has 92 valence electrons. The van der Waals surface area contributed by atoms with Crippen molar-refractivity contribution in [3.05, 3.63) is 35.9 Å². The second-order valence-electron chi connectivity index (χ2n) is 3.86. The zero-order valence-electron chi connectivity index (χ0n) is 9.04. The van der Waals surface area contributed by atoms with Gasteiger partial charge in [0.05, 0.1) is 0 Å². The van der Waals surface area contributed by atoms with Gasteiger partial charge in [-0.15, -0.1) is 0 Å². The van der Waals surface area contributed by atoms with Gasteiger partial charge in [0.2, 0.25) is 0 Å². The van der Waals surface area contributed by atoms with Crippen LogP contribution in [0.25, 0.3) is 0 Å². The highest BCUT2D eigenvalue weighted by atomic mass is 32.2. The van der Waals surface area contributed by atoms with Gasteiger partial charge >= 0.3 is 10.2 Å². The fraction of sp³-hybridized carbons (Fsp3) is 0.300. The maximum absolute atomic E-state index is 11.8. The molecule has 1 aromatic rings. The molecule has 0 aliphatic heterocycles. The van der Waals surface area contributed by atoms with Crippen molar-refractivity contribution in [3.63, 3.8) is 0 Å². The lowest BCUT2D eigenvalue weighted by atomic mass is 10.2. The molecule has 0 spiro atoms. The number of hydrogen-bond acceptors (Lipinski definition) is 4. The average Bonchev–Trinajstić information content (AvgIpc) is 3.11. The summed E-state index contributed by atoms with van der Waals surface area (Å²) in [6.45, 7) is 0. The molecule has 1 saturated carbocycles. The van der Waals surface area contributed by atoms with Crippen LogP contribution in [-0.4, -0.2) is 24.8 Å². The third-order valence-electron chi connectivity index (χ3n) is 2.37. The van der Waals surface area contributed by atoms with Gasteiger partial charge in [0.15, 0.2) is 0 Å². The summed E-state index contributed by atoms with van der Waals surface area (Å²) >= 11 is 0. The van der Waals surface area contributed by atoms with Crippen molar-refractivity contribution in [1.82, 2.24) is 9.14 Å². The molecular formula is C10H13N3O3S. The minimum Gasteiger partial charge on any atom is -0.266 e. The number of benzene rings is 1. The van der Waals surface area contributed by atoms with E-state index >= 15 is 0 Å². The number of rotatable bonds is 4. The number of nitrogens with zero attached hydrogens (tertiary/aromatic N) is 1. The van der Waals surface area contributed by atoms with Crippen LogP contribution in [0.5, 0.6) is 0 Å². The number of amides is 1. The molecule has 0 atom stereocenters. The van der Waals surface area contributed by atoms with Crippen molar-refractivity contribution >= 4 is 16.1 Å². The second kappa shape index (κ2) is 4.44. The summed E-state index contributed by atoms with van der Waals surface area (Å²) in [7, 11) is -3.93. The number of hydrogen-bond donors (Lipinski definition) is 2. The van der Waals surface area contributed by atoms with Crippen molar-refractivity contribution in [2.75, 3.05) is 0 Å². The van der Waals surface area contributed by atoms with Crippen LogP contribution in [0.2, 0.25) is 0 Å². The third kappa shape index (κ3) is 2.82. The van der Waals surface area contributed by atoms with Gasteiger partial charge in [0.1, 0.15) is 0 Å². The van der Waals surface area contributed by atoms with Gasteiger partial charge in [0, 0.05) is 11.6 Å². The maximum Gasteiger partial charge on any atom is 0.317 e. The van der Waals surface area contributed by atoms with Crippen molar-refractivity contribution in [3.8, 4) is 0 Å². The van der Waals surface area contributed by atoms with E-state index in [1.54, 1.807) is 18.2 Å². The molecule has 3 N–H and O–H groups in total. The molecule has 1 fully saturated rings. The molecule has 0 radical (unpaired) electrons. The lowest BCUT2D eigenvalue weighted by Gasteiger charge is -2.16. The lowest BCUT2D eigenvalue weighted by molar-refractivity contribution is 0.0860. The number of carbonyl (C=O) groups excluding carboxylic acids is 1. The highest BCUT2D eigenvalue weighted by Gasteiger charge is 2.32.